The van der Waals surface area contributed by atoms with Gasteiger partial charge in [-0.25, -0.2) is 13.6 Å². The number of rotatable bonds is 6. The molecule has 0 unspecified atom stereocenters. The zero-order valence-corrected chi connectivity index (χ0v) is 18.8. The first-order valence-corrected chi connectivity index (χ1v) is 10.7. The molecule has 0 aliphatic heterocycles. The van der Waals surface area contributed by atoms with E-state index < -0.39 is 28.4 Å². The minimum Gasteiger partial charge on any atom is -0.422 e. The van der Waals surface area contributed by atoms with Crippen LogP contribution in [0.15, 0.2) is 84.9 Å². The fraction of sp³-hybridized carbons (Fsp3) is 0.0370. The third-order valence-corrected chi connectivity index (χ3v) is 5.29. The van der Waals surface area contributed by atoms with E-state index in [0.29, 0.717) is 5.69 Å². The van der Waals surface area contributed by atoms with E-state index in [0.717, 1.165) is 29.8 Å². The van der Waals surface area contributed by atoms with Gasteiger partial charge in [-0.1, -0.05) is 23.8 Å². The van der Waals surface area contributed by atoms with Gasteiger partial charge in [0.1, 0.15) is 17.4 Å². The topological polar surface area (TPSA) is 98.5 Å². The van der Waals surface area contributed by atoms with Gasteiger partial charge in [-0.15, -0.1) is 0 Å². The van der Waals surface area contributed by atoms with Gasteiger partial charge in [-0.3, -0.25) is 14.9 Å². The summed E-state index contributed by atoms with van der Waals surface area (Å²) in [4.78, 5) is 36.1. The highest BCUT2D eigenvalue weighted by molar-refractivity contribution is 6.07. The molecule has 0 bridgehead atoms. The van der Waals surface area contributed by atoms with Gasteiger partial charge >= 0.3 is 5.97 Å². The number of hydrogen-bond donors (Lipinski definition) is 1. The van der Waals surface area contributed by atoms with E-state index in [4.69, 9.17) is 4.74 Å². The number of nitro benzene ring substituents is 1. The van der Waals surface area contributed by atoms with Crippen LogP contribution in [0.2, 0.25) is 0 Å². The average molecular weight is 488 g/mol. The van der Waals surface area contributed by atoms with Crippen LogP contribution >= 0.6 is 0 Å². The van der Waals surface area contributed by atoms with E-state index >= 15 is 0 Å². The number of nitrogens with zero attached hydrogens (tertiary/aromatic N) is 1. The van der Waals surface area contributed by atoms with E-state index in [2.05, 4.69) is 5.32 Å². The fourth-order valence-electron chi connectivity index (χ4n) is 3.40. The molecule has 0 spiro atoms. The summed E-state index contributed by atoms with van der Waals surface area (Å²) in [5.74, 6) is -3.17. The van der Waals surface area contributed by atoms with E-state index in [9.17, 15) is 28.5 Å². The first-order valence-electron chi connectivity index (χ1n) is 10.7. The fourth-order valence-corrected chi connectivity index (χ4v) is 3.40. The van der Waals surface area contributed by atoms with Crippen molar-refractivity contribution in [2.45, 2.75) is 6.92 Å². The van der Waals surface area contributed by atoms with Crippen LogP contribution in [0, 0.1) is 28.7 Å². The van der Waals surface area contributed by atoms with Crippen molar-refractivity contribution in [2.75, 3.05) is 5.32 Å². The van der Waals surface area contributed by atoms with E-state index in [1.54, 1.807) is 24.3 Å². The molecular formula is C27H18F2N2O5. The van der Waals surface area contributed by atoms with E-state index in [1.165, 1.54) is 36.4 Å². The smallest absolute Gasteiger partial charge is 0.343 e. The van der Waals surface area contributed by atoms with E-state index in [1.807, 2.05) is 6.92 Å². The number of hydrogen-bond acceptors (Lipinski definition) is 5. The summed E-state index contributed by atoms with van der Waals surface area (Å²) in [6.45, 7) is 1.89. The number of carbonyl (C=O) groups is 2. The van der Waals surface area contributed by atoms with Crippen molar-refractivity contribution in [3.63, 3.8) is 0 Å². The molecule has 180 valence electrons. The van der Waals surface area contributed by atoms with Gasteiger partial charge in [-0.05, 0) is 61.0 Å². The Morgan fingerprint density at radius 3 is 2.22 bits per heavy atom. The average Bonchev–Trinajstić information content (AvgIpc) is 2.86. The number of non-ortho nitro benzene ring substituents is 1. The minimum atomic E-state index is -0.852. The van der Waals surface area contributed by atoms with Gasteiger partial charge in [0.05, 0.1) is 16.1 Å². The second kappa shape index (κ2) is 10.1. The molecule has 0 atom stereocenters. The number of halogens is 2. The lowest BCUT2D eigenvalue weighted by Crippen LogP contribution is -2.16. The summed E-state index contributed by atoms with van der Waals surface area (Å²) in [6, 6.07) is 18.9. The lowest BCUT2D eigenvalue weighted by molar-refractivity contribution is -0.384. The Balaban J connectivity index is 1.70. The zero-order valence-electron chi connectivity index (χ0n) is 18.8. The highest BCUT2D eigenvalue weighted by Gasteiger charge is 2.20. The highest BCUT2D eigenvalue weighted by atomic mass is 19.1. The molecule has 0 heterocycles. The van der Waals surface area contributed by atoms with Crippen LogP contribution in [0.1, 0.15) is 26.3 Å². The molecule has 0 saturated heterocycles. The van der Waals surface area contributed by atoms with E-state index in [-0.39, 0.29) is 33.7 Å². The third kappa shape index (κ3) is 5.41. The largest absolute Gasteiger partial charge is 0.422 e. The molecule has 4 aromatic carbocycles. The standard InChI is InChI=1S/C27H18F2N2O5/c1-16-2-8-20(9-3-16)30-26(32)23-14-18(22-12-7-19(28)15-24(22)29)6-13-25(23)36-27(33)17-4-10-21(11-5-17)31(34)35/h2-15H,1H3,(H,30,32). The number of nitrogens with one attached hydrogen (secondary N) is 1. The van der Waals surface area contributed by atoms with Crippen LogP contribution in [0.25, 0.3) is 11.1 Å². The van der Waals surface area contributed by atoms with Crippen molar-refractivity contribution in [3.8, 4) is 16.9 Å². The predicted molar refractivity (Wildman–Crippen MR) is 129 cm³/mol. The van der Waals surface area contributed by atoms with Crippen LogP contribution in [0.3, 0.4) is 0 Å². The molecular weight excluding hydrogens is 470 g/mol. The summed E-state index contributed by atoms with van der Waals surface area (Å²) in [6.07, 6.45) is 0. The molecule has 7 nitrogen and oxygen atoms in total. The number of carbonyl (C=O) groups excluding carboxylic acids is 2. The van der Waals surface area contributed by atoms with Crippen LogP contribution in [-0.2, 0) is 0 Å². The normalized spacial score (nSPS) is 10.5. The van der Waals surface area contributed by atoms with Crippen LogP contribution in [0.4, 0.5) is 20.2 Å². The molecule has 0 radical (unpaired) electrons. The second-order valence-electron chi connectivity index (χ2n) is 7.85. The summed E-state index contributed by atoms with van der Waals surface area (Å²) < 4.78 is 33.2. The molecule has 0 fully saturated rings. The lowest BCUT2D eigenvalue weighted by Gasteiger charge is -2.13. The molecule has 0 aromatic heterocycles. The molecule has 1 N–H and O–H groups in total. The Kier molecular flexibility index (Phi) is 6.82. The lowest BCUT2D eigenvalue weighted by atomic mass is 10.0. The Bertz CT molecular complexity index is 1470. The van der Waals surface area contributed by atoms with Gasteiger partial charge in [0, 0.05) is 29.4 Å². The number of esters is 1. The van der Waals surface area contributed by atoms with Crippen molar-refractivity contribution < 1.29 is 28.0 Å². The maximum absolute atomic E-state index is 14.4. The number of anilines is 1. The zero-order chi connectivity index (χ0) is 25.8. The summed E-state index contributed by atoms with van der Waals surface area (Å²) in [5, 5.41) is 13.6. The predicted octanol–water partition coefficient (Wildman–Crippen LogP) is 6.32. The number of amides is 1. The maximum Gasteiger partial charge on any atom is 0.343 e. The minimum absolute atomic E-state index is 0.0270. The molecule has 36 heavy (non-hydrogen) atoms. The number of benzene rings is 4. The summed E-state index contributed by atoms with van der Waals surface area (Å²) >= 11 is 0. The van der Waals surface area contributed by atoms with Gasteiger partial charge in [0.2, 0.25) is 0 Å². The van der Waals surface area contributed by atoms with Crippen LogP contribution < -0.4 is 10.1 Å². The van der Waals surface area contributed by atoms with Crippen molar-refractivity contribution >= 4 is 23.3 Å². The Labute approximate surface area is 204 Å². The van der Waals surface area contributed by atoms with Crippen molar-refractivity contribution in [2.24, 2.45) is 0 Å². The number of nitro groups is 1. The van der Waals surface area contributed by atoms with Crippen molar-refractivity contribution in [3.05, 3.63) is 123 Å². The van der Waals surface area contributed by atoms with Gasteiger partial charge in [0.15, 0.2) is 0 Å². The number of ether oxygens (including phenoxy) is 1. The van der Waals surface area contributed by atoms with Crippen molar-refractivity contribution in [1.29, 1.82) is 0 Å². The Morgan fingerprint density at radius 1 is 0.889 bits per heavy atom. The Morgan fingerprint density at radius 2 is 1.58 bits per heavy atom. The van der Waals surface area contributed by atoms with Gasteiger partial charge < -0.3 is 10.1 Å². The highest BCUT2D eigenvalue weighted by Crippen LogP contribution is 2.30. The molecule has 4 aromatic rings. The SMILES string of the molecule is Cc1ccc(NC(=O)c2cc(-c3ccc(F)cc3F)ccc2OC(=O)c2ccc([N+](=O)[O-])cc2)cc1. The monoisotopic (exact) mass is 488 g/mol. The summed E-state index contributed by atoms with van der Waals surface area (Å²) in [7, 11) is 0. The molecule has 0 aliphatic rings. The van der Waals surface area contributed by atoms with Crippen LogP contribution in [-0.4, -0.2) is 16.8 Å². The summed E-state index contributed by atoms with van der Waals surface area (Å²) in [5.41, 5.74) is 1.53. The molecule has 9 heteroatoms. The first-order chi connectivity index (χ1) is 17.2. The maximum atomic E-state index is 14.4. The van der Waals surface area contributed by atoms with Crippen LogP contribution in [0.5, 0.6) is 5.75 Å². The van der Waals surface area contributed by atoms with Gasteiger partial charge in [0.25, 0.3) is 11.6 Å². The quantitative estimate of drug-likeness (QED) is 0.148. The molecule has 4 rings (SSSR count). The first kappa shape index (κ1) is 24.2. The number of aryl methyl sites for hydroxylation is 1. The van der Waals surface area contributed by atoms with Gasteiger partial charge in [-0.2, -0.15) is 0 Å². The molecule has 0 saturated carbocycles. The third-order valence-electron chi connectivity index (χ3n) is 5.29. The second-order valence-corrected chi connectivity index (χ2v) is 7.85. The Hall–Kier alpha value is -4.92. The van der Waals surface area contributed by atoms with Crippen molar-refractivity contribution in [1.82, 2.24) is 0 Å². The molecule has 1 amide bonds. The molecule has 0 aliphatic carbocycles.